The Bertz CT molecular complexity index is 686. The molecule has 24 heavy (non-hydrogen) atoms. The van der Waals surface area contributed by atoms with E-state index < -0.39 is 0 Å². The van der Waals surface area contributed by atoms with Crippen molar-refractivity contribution < 1.29 is 9.53 Å². The number of aryl methyl sites for hydroxylation is 1. The molecule has 0 aliphatic rings. The van der Waals surface area contributed by atoms with Crippen LogP contribution in [0.5, 0.6) is 0 Å². The van der Waals surface area contributed by atoms with Crippen LogP contribution in [0.4, 0.5) is 17.5 Å². The van der Waals surface area contributed by atoms with E-state index in [0.29, 0.717) is 17.3 Å². The minimum Gasteiger partial charge on any atom is -0.465 e. The van der Waals surface area contributed by atoms with Crippen LogP contribution in [0, 0.1) is 6.92 Å². The van der Waals surface area contributed by atoms with Gasteiger partial charge in [-0.15, -0.1) is 0 Å². The summed E-state index contributed by atoms with van der Waals surface area (Å²) in [4.78, 5) is 22.4. The molecule has 7 heteroatoms. The minimum atomic E-state index is -0.355. The highest BCUT2D eigenvalue weighted by Gasteiger charge is 2.06. The van der Waals surface area contributed by atoms with Crippen molar-refractivity contribution in [3.05, 3.63) is 41.6 Å². The number of aromatic nitrogens is 2. The fraction of sp³-hybridized carbons (Fsp3) is 0.353. The Morgan fingerprint density at radius 2 is 1.92 bits per heavy atom. The van der Waals surface area contributed by atoms with Crippen LogP contribution in [-0.2, 0) is 4.74 Å². The zero-order chi connectivity index (χ0) is 17.5. The smallest absolute Gasteiger partial charge is 0.337 e. The molecule has 0 saturated heterocycles. The van der Waals surface area contributed by atoms with Crippen molar-refractivity contribution >= 4 is 23.4 Å². The third-order valence-electron chi connectivity index (χ3n) is 3.27. The quantitative estimate of drug-likeness (QED) is 0.754. The van der Waals surface area contributed by atoms with Crippen molar-refractivity contribution in [3.63, 3.8) is 0 Å². The predicted molar refractivity (Wildman–Crippen MR) is 94.9 cm³/mol. The summed E-state index contributed by atoms with van der Waals surface area (Å²) < 4.78 is 4.69. The Kier molecular flexibility index (Phi) is 6.08. The number of ether oxygens (including phenoxy) is 1. The molecule has 1 aromatic heterocycles. The second-order valence-electron chi connectivity index (χ2n) is 5.64. The number of carbonyl (C=O) groups is 1. The van der Waals surface area contributed by atoms with Gasteiger partial charge >= 0.3 is 5.97 Å². The number of carbonyl (C=O) groups excluding carboxylic acids is 1. The number of nitrogens with zero attached hydrogens (tertiary/aromatic N) is 3. The third-order valence-corrected chi connectivity index (χ3v) is 3.27. The molecule has 1 heterocycles. The molecule has 1 aromatic carbocycles. The SMILES string of the molecule is COC(=O)c1ccc(Nc2cc(C)nc(NCCN(C)C)n2)cc1. The molecule has 0 fully saturated rings. The Balaban J connectivity index is 2.06. The fourth-order valence-electron chi connectivity index (χ4n) is 2.06. The largest absolute Gasteiger partial charge is 0.465 e. The Morgan fingerprint density at radius 1 is 1.21 bits per heavy atom. The average Bonchev–Trinajstić information content (AvgIpc) is 2.54. The van der Waals surface area contributed by atoms with Gasteiger partial charge < -0.3 is 20.3 Å². The molecule has 0 saturated carbocycles. The van der Waals surface area contributed by atoms with Crippen LogP contribution >= 0.6 is 0 Å². The van der Waals surface area contributed by atoms with Gasteiger partial charge in [-0.1, -0.05) is 0 Å². The standard InChI is InChI=1S/C17H23N5O2/c1-12-11-15(21-17(19-12)18-9-10-22(2)3)20-14-7-5-13(6-8-14)16(23)24-4/h5-8,11H,9-10H2,1-4H3,(H2,18,19,20,21). The molecule has 0 radical (unpaired) electrons. The molecule has 2 rings (SSSR count). The number of rotatable bonds is 7. The van der Waals surface area contributed by atoms with Gasteiger partial charge in [0.2, 0.25) is 5.95 Å². The second-order valence-corrected chi connectivity index (χ2v) is 5.64. The highest BCUT2D eigenvalue weighted by atomic mass is 16.5. The lowest BCUT2D eigenvalue weighted by molar-refractivity contribution is 0.0601. The summed E-state index contributed by atoms with van der Waals surface area (Å²) >= 11 is 0. The first-order chi connectivity index (χ1) is 11.5. The van der Waals surface area contributed by atoms with Gasteiger partial charge in [-0.2, -0.15) is 4.98 Å². The van der Waals surface area contributed by atoms with E-state index in [0.717, 1.165) is 24.5 Å². The monoisotopic (exact) mass is 329 g/mol. The van der Waals surface area contributed by atoms with Crippen molar-refractivity contribution in [2.75, 3.05) is 44.9 Å². The lowest BCUT2D eigenvalue weighted by Gasteiger charge is -2.12. The van der Waals surface area contributed by atoms with Gasteiger partial charge in [0.05, 0.1) is 12.7 Å². The summed E-state index contributed by atoms with van der Waals surface area (Å²) in [6, 6.07) is 8.90. The molecule has 0 atom stereocenters. The second kappa shape index (κ2) is 8.26. The van der Waals surface area contributed by atoms with E-state index in [-0.39, 0.29) is 5.97 Å². The summed E-state index contributed by atoms with van der Waals surface area (Å²) in [5, 5.41) is 6.42. The van der Waals surface area contributed by atoms with Crippen LogP contribution < -0.4 is 10.6 Å². The summed E-state index contributed by atoms with van der Waals surface area (Å²) in [6.45, 7) is 3.59. The van der Waals surface area contributed by atoms with Gasteiger partial charge in [-0.3, -0.25) is 0 Å². The first-order valence-corrected chi connectivity index (χ1v) is 7.67. The molecule has 2 N–H and O–H groups in total. The van der Waals surface area contributed by atoms with Crippen molar-refractivity contribution in [1.29, 1.82) is 0 Å². The summed E-state index contributed by atoms with van der Waals surface area (Å²) in [5.41, 5.74) is 2.21. The molecular formula is C17H23N5O2. The lowest BCUT2D eigenvalue weighted by Crippen LogP contribution is -2.21. The molecular weight excluding hydrogens is 306 g/mol. The van der Waals surface area contributed by atoms with Gasteiger partial charge in [0.1, 0.15) is 5.82 Å². The average molecular weight is 329 g/mol. The number of hydrogen-bond donors (Lipinski definition) is 2. The molecule has 128 valence electrons. The summed E-state index contributed by atoms with van der Waals surface area (Å²) in [6.07, 6.45) is 0. The van der Waals surface area contributed by atoms with Crippen LogP contribution in [0.3, 0.4) is 0 Å². The maximum absolute atomic E-state index is 11.4. The van der Waals surface area contributed by atoms with Crippen LogP contribution in [0.15, 0.2) is 30.3 Å². The third kappa shape index (κ3) is 5.20. The molecule has 7 nitrogen and oxygen atoms in total. The molecule has 0 aliphatic carbocycles. The highest BCUT2D eigenvalue weighted by molar-refractivity contribution is 5.89. The first kappa shape index (κ1) is 17.7. The Morgan fingerprint density at radius 3 is 2.54 bits per heavy atom. The number of esters is 1. The highest BCUT2D eigenvalue weighted by Crippen LogP contribution is 2.17. The molecule has 0 aliphatic heterocycles. The topological polar surface area (TPSA) is 79.4 Å². The lowest BCUT2D eigenvalue weighted by atomic mass is 10.2. The molecule has 0 bridgehead atoms. The molecule has 0 unspecified atom stereocenters. The van der Waals surface area contributed by atoms with E-state index in [9.17, 15) is 4.79 Å². The van der Waals surface area contributed by atoms with Crippen molar-refractivity contribution in [2.24, 2.45) is 0 Å². The summed E-state index contributed by atoms with van der Waals surface area (Å²) in [5.74, 6) is 0.929. The van der Waals surface area contributed by atoms with Crippen molar-refractivity contribution in [2.45, 2.75) is 6.92 Å². The van der Waals surface area contributed by atoms with Gasteiger partial charge in [0.25, 0.3) is 0 Å². The number of likely N-dealkylation sites (N-methyl/N-ethyl adjacent to an activating group) is 1. The number of methoxy groups -OCH3 is 1. The van der Waals surface area contributed by atoms with Gasteiger partial charge in [-0.05, 0) is 45.3 Å². The van der Waals surface area contributed by atoms with Crippen molar-refractivity contribution in [3.8, 4) is 0 Å². The number of benzene rings is 1. The van der Waals surface area contributed by atoms with E-state index in [2.05, 4.69) is 30.2 Å². The maximum Gasteiger partial charge on any atom is 0.337 e. The molecule has 0 amide bonds. The number of nitrogens with one attached hydrogen (secondary N) is 2. The zero-order valence-corrected chi connectivity index (χ0v) is 14.5. The first-order valence-electron chi connectivity index (χ1n) is 7.67. The van der Waals surface area contributed by atoms with Crippen LogP contribution in [0.2, 0.25) is 0 Å². The van der Waals surface area contributed by atoms with Crippen LogP contribution in [-0.4, -0.2) is 55.1 Å². The summed E-state index contributed by atoms with van der Waals surface area (Å²) in [7, 11) is 5.40. The van der Waals surface area contributed by atoms with Gasteiger partial charge in [0, 0.05) is 30.5 Å². The minimum absolute atomic E-state index is 0.355. The number of anilines is 3. The van der Waals surface area contributed by atoms with Gasteiger partial charge in [0.15, 0.2) is 0 Å². The zero-order valence-electron chi connectivity index (χ0n) is 14.5. The molecule has 0 spiro atoms. The van der Waals surface area contributed by atoms with Gasteiger partial charge in [-0.25, -0.2) is 9.78 Å². The van der Waals surface area contributed by atoms with E-state index in [4.69, 9.17) is 0 Å². The normalized spacial score (nSPS) is 10.5. The van der Waals surface area contributed by atoms with Crippen LogP contribution in [0.1, 0.15) is 16.1 Å². The van der Waals surface area contributed by atoms with E-state index >= 15 is 0 Å². The maximum atomic E-state index is 11.4. The number of hydrogen-bond acceptors (Lipinski definition) is 7. The fourth-order valence-corrected chi connectivity index (χ4v) is 2.06. The van der Waals surface area contributed by atoms with E-state index in [1.165, 1.54) is 7.11 Å². The van der Waals surface area contributed by atoms with E-state index in [1.807, 2.05) is 39.2 Å². The van der Waals surface area contributed by atoms with Crippen LogP contribution in [0.25, 0.3) is 0 Å². The Hall–Kier alpha value is -2.67. The Labute approximate surface area is 142 Å². The predicted octanol–water partition coefficient (Wildman–Crippen LogP) is 2.29. The van der Waals surface area contributed by atoms with Crippen molar-refractivity contribution in [1.82, 2.24) is 14.9 Å². The van der Waals surface area contributed by atoms with E-state index in [1.54, 1.807) is 12.1 Å². The molecule has 2 aromatic rings.